The van der Waals surface area contributed by atoms with E-state index < -0.39 is 11.9 Å². The molecule has 7 nitrogen and oxygen atoms in total. The van der Waals surface area contributed by atoms with Gasteiger partial charge in [0, 0.05) is 32.1 Å². The predicted molar refractivity (Wildman–Crippen MR) is 90.4 cm³/mol. The van der Waals surface area contributed by atoms with Crippen LogP contribution in [0.1, 0.15) is 27.5 Å². The first-order valence-corrected chi connectivity index (χ1v) is 8.00. The van der Waals surface area contributed by atoms with Gasteiger partial charge in [0.25, 0.3) is 11.5 Å². The average Bonchev–Trinajstić information content (AvgIpc) is 3.02. The van der Waals surface area contributed by atoms with Crippen molar-refractivity contribution in [3.8, 4) is 0 Å². The van der Waals surface area contributed by atoms with Gasteiger partial charge in [-0.2, -0.15) is 5.10 Å². The number of aromatic nitrogens is 2. The Morgan fingerprint density at radius 3 is 2.52 bits per heavy atom. The summed E-state index contributed by atoms with van der Waals surface area (Å²) in [7, 11) is 1.47. The van der Waals surface area contributed by atoms with Crippen molar-refractivity contribution >= 4 is 11.9 Å². The summed E-state index contributed by atoms with van der Waals surface area (Å²) in [6.07, 6.45) is 0. The fourth-order valence-corrected chi connectivity index (χ4v) is 3.32. The van der Waals surface area contributed by atoms with Crippen molar-refractivity contribution in [3.63, 3.8) is 0 Å². The van der Waals surface area contributed by atoms with Crippen LogP contribution >= 0.6 is 0 Å². The quantitative estimate of drug-likeness (QED) is 0.900. The Kier molecular flexibility index (Phi) is 4.39. The fraction of sp³-hybridized carbons (Fsp3) is 0.333. The third-order valence-corrected chi connectivity index (χ3v) is 4.69. The van der Waals surface area contributed by atoms with Crippen LogP contribution in [-0.2, 0) is 11.8 Å². The van der Waals surface area contributed by atoms with E-state index in [2.05, 4.69) is 5.10 Å². The lowest BCUT2D eigenvalue weighted by molar-refractivity contribution is -0.141. The summed E-state index contributed by atoms with van der Waals surface area (Å²) in [5.74, 6) is -2.22. The molecule has 1 amide bonds. The molecule has 1 fully saturated rings. The number of likely N-dealkylation sites (tertiary alicyclic amines) is 1. The molecule has 25 heavy (non-hydrogen) atoms. The minimum absolute atomic E-state index is 0.123. The standard InChI is InChI=1S/C18H19N3O4/c1-11-5-3-4-6-12(11)13-9-21(10-14(13)18(24)25)17(23)15-7-8-16(22)20(2)19-15/h3-8,13-14H,9-10H2,1-2H3,(H,24,25)/t13-,14+/m0/s1. The molecule has 1 aliphatic rings. The van der Waals surface area contributed by atoms with Gasteiger partial charge in [-0.1, -0.05) is 24.3 Å². The van der Waals surface area contributed by atoms with Gasteiger partial charge in [-0.05, 0) is 24.1 Å². The van der Waals surface area contributed by atoms with Gasteiger partial charge in [0.05, 0.1) is 5.92 Å². The van der Waals surface area contributed by atoms with Gasteiger partial charge < -0.3 is 10.0 Å². The van der Waals surface area contributed by atoms with Crippen molar-refractivity contribution in [2.75, 3.05) is 13.1 Å². The van der Waals surface area contributed by atoms with Crippen LogP contribution in [0, 0.1) is 12.8 Å². The molecule has 0 saturated carbocycles. The average molecular weight is 341 g/mol. The Morgan fingerprint density at radius 1 is 1.16 bits per heavy atom. The lowest BCUT2D eigenvalue weighted by Gasteiger charge is -2.17. The van der Waals surface area contributed by atoms with Gasteiger partial charge in [-0.3, -0.25) is 14.4 Å². The number of nitrogens with zero attached hydrogens (tertiary/aromatic N) is 3. The topological polar surface area (TPSA) is 92.5 Å². The molecule has 0 unspecified atom stereocenters. The molecule has 2 heterocycles. The zero-order valence-corrected chi connectivity index (χ0v) is 14.0. The monoisotopic (exact) mass is 341 g/mol. The van der Waals surface area contributed by atoms with Crippen LogP contribution in [0.25, 0.3) is 0 Å². The van der Waals surface area contributed by atoms with E-state index in [1.165, 1.54) is 24.1 Å². The van der Waals surface area contributed by atoms with E-state index in [-0.39, 0.29) is 29.6 Å². The van der Waals surface area contributed by atoms with Crippen LogP contribution in [0.5, 0.6) is 0 Å². The second-order valence-corrected chi connectivity index (χ2v) is 6.30. The van der Waals surface area contributed by atoms with Crippen LogP contribution in [-0.4, -0.2) is 44.8 Å². The van der Waals surface area contributed by atoms with Crippen molar-refractivity contribution in [2.45, 2.75) is 12.8 Å². The lowest BCUT2D eigenvalue weighted by Crippen LogP contribution is -2.32. The molecule has 130 valence electrons. The second-order valence-electron chi connectivity index (χ2n) is 6.30. The van der Waals surface area contributed by atoms with Crippen molar-refractivity contribution in [2.24, 2.45) is 13.0 Å². The van der Waals surface area contributed by atoms with E-state index in [0.717, 1.165) is 15.8 Å². The van der Waals surface area contributed by atoms with Crippen molar-refractivity contribution in [1.29, 1.82) is 0 Å². The van der Waals surface area contributed by atoms with Crippen molar-refractivity contribution in [1.82, 2.24) is 14.7 Å². The maximum absolute atomic E-state index is 12.7. The van der Waals surface area contributed by atoms with Gasteiger partial charge in [0.15, 0.2) is 0 Å². The Hall–Kier alpha value is -2.96. The number of carboxylic acid groups (broad SMARTS) is 1. The molecule has 2 aromatic rings. The number of hydrogen-bond acceptors (Lipinski definition) is 4. The fourth-order valence-electron chi connectivity index (χ4n) is 3.32. The number of hydrogen-bond donors (Lipinski definition) is 1. The molecule has 0 aliphatic carbocycles. The van der Waals surface area contributed by atoms with Gasteiger partial charge in [-0.25, -0.2) is 4.68 Å². The minimum atomic E-state index is -0.919. The molecule has 0 radical (unpaired) electrons. The molecule has 1 N–H and O–H groups in total. The zero-order chi connectivity index (χ0) is 18.1. The molecular weight excluding hydrogens is 322 g/mol. The Balaban J connectivity index is 1.90. The summed E-state index contributed by atoms with van der Waals surface area (Å²) in [6, 6.07) is 10.3. The highest BCUT2D eigenvalue weighted by atomic mass is 16.4. The summed E-state index contributed by atoms with van der Waals surface area (Å²) >= 11 is 0. The van der Waals surface area contributed by atoms with E-state index in [1.807, 2.05) is 31.2 Å². The summed E-state index contributed by atoms with van der Waals surface area (Å²) < 4.78 is 1.09. The van der Waals surface area contributed by atoms with Crippen LogP contribution in [0.3, 0.4) is 0 Å². The molecule has 0 spiro atoms. The summed E-state index contributed by atoms with van der Waals surface area (Å²) in [4.78, 5) is 37.3. The van der Waals surface area contributed by atoms with Crippen LogP contribution < -0.4 is 5.56 Å². The van der Waals surface area contributed by atoms with Gasteiger partial charge in [0.1, 0.15) is 5.69 Å². The number of benzene rings is 1. The van der Waals surface area contributed by atoms with E-state index in [0.29, 0.717) is 6.54 Å². The third kappa shape index (κ3) is 3.17. The van der Waals surface area contributed by atoms with Gasteiger partial charge >= 0.3 is 5.97 Å². The molecule has 0 bridgehead atoms. The summed E-state index contributed by atoms with van der Waals surface area (Å²) in [6.45, 7) is 2.37. The normalized spacial score (nSPS) is 19.8. The molecule has 2 atom stereocenters. The van der Waals surface area contributed by atoms with Gasteiger partial charge in [-0.15, -0.1) is 0 Å². The van der Waals surface area contributed by atoms with Crippen LogP contribution in [0.2, 0.25) is 0 Å². The van der Waals surface area contributed by atoms with Gasteiger partial charge in [0.2, 0.25) is 0 Å². The summed E-state index contributed by atoms with van der Waals surface area (Å²) in [5.41, 5.74) is 1.78. The number of amides is 1. The molecule has 1 aromatic heterocycles. The predicted octanol–water partition coefficient (Wildman–Crippen LogP) is 1.03. The number of carbonyl (C=O) groups is 2. The highest BCUT2D eigenvalue weighted by molar-refractivity contribution is 5.93. The van der Waals surface area contributed by atoms with Crippen molar-refractivity contribution < 1.29 is 14.7 Å². The molecular formula is C18H19N3O4. The number of aryl methyl sites for hydroxylation is 2. The second kappa shape index (κ2) is 6.51. The molecule has 1 aliphatic heterocycles. The molecule has 3 rings (SSSR count). The van der Waals surface area contributed by atoms with E-state index in [1.54, 1.807) is 0 Å². The number of carbonyl (C=O) groups excluding carboxylic acids is 1. The largest absolute Gasteiger partial charge is 0.481 e. The maximum Gasteiger partial charge on any atom is 0.308 e. The summed E-state index contributed by atoms with van der Waals surface area (Å²) in [5, 5.41) is 13.6. The Morgan fingerprint density at radius 2 is 1.88 bits per heavy atom. The Labute approximate surface area is 144 Å². The molecule has 1 aromatic carbocycles. The zero-order valence-electron chi connectivity index (χ0n) is 14.0. The smallest absolute Gasteiger partial charge is 0.308 e. The van der Waals surface area contributed by atoms with Crippen LogP contribution in [0.4, 0.5) is 0 Å². The van der Waals surface area contributed by atoms with Crippen LogP contribution in [0.15, 0.2) is 41.2 Å². The number of aliphatic carboxylic acids is 1. The SMILES string of the molecule is Cc1ccccc1[C@@H]1CN(C(=O)c2ccc(=O)n(C)n2)C[C@H]1C(=O)O. The van der Waals surface area contributed by atoms with E-state index >= 15 is 0 Å². The van der Waals surface area contributed by atoms with E-state index in [9.17, 15) is 19.5 Å². The molecule has 1 saturated heterocycles. The highest BCUT2D eigenvalue weighted by Crippen LogP contribution is 2.35. The highest BCUT2D eigenvalue weighted by Gasteiger charge is 2.41. The molecule has 7 heteroatoms. The van der Waals surface area contributed by atoms with Crippen molar-refractivity contribution in [3.05, 3.63) is 63.6 Å². The number of carboxylic acids is 1. The first kappa shape index (κ1) is 16.9. The first-order valence-electron chi connectivity index (χ1n) is 8.00. The van der Waals surface area contributed by atoms with E-state index in [4.69, 9.17) is 0 Å². The Bertz CT molecular complexity index is 890. The minimum Gasteiger partial charge on any atom is -0.481 e. The lowest BCUT2D eigenvalue weighted by atomic mass is 9.86. The number of rotatable bonds is 3. The maximum atomic E-state index is 12.7. The first-order chi connectivity index (χ1) is 11.9. The third-order valence-electron chi connectivity index (χ3n) is 4.69.